The Morgan fingerprint density at radius 3 is 2.88 bits per heavy atom. The maximum atomic E-state index is 13.5. The summed E-state index contributed by atoms with van der Waals surface area (Å²) in [5, 5.41) is 5.90. The second-order valence-electron chi connectivity index (χ2n) is 6.01. The van der Waals surface area contributed by atoms with E-state index in [0.29, 0.717) is 25.2 Å². The van der Waals surface area contributed by atoms with E-state index >= 15 is 0 Å². The maximum absolute atomic E-state index is 13.5. The van der Waals surface area contributed by atoms with E-state index < -0.39 is 6.04 Å². The Balaban J connectivity index is 0.00000243. The van der Waals surface area contributed by atoms with Gasteiger partial charge in [-0.3, -0.25) is 9.59 Å². The first kappa shape index (κ1) is 19.9. The standard InChI is InChI=1S/C18H20FN3O3.ClH/c1-12(21-17(23)14-5-8-25-11-14)18(24)22-7-6-20-10-16(22)13-3-2-4-15(19)9-13;/h2-5,8-9,11-12,16,20H,6-7,10H2,1H3,(H,21,23);1H. The first-order chi connectivity index (χ1) is 12.1. The van der Waals surface area contributed by atoms with E-state index in [0.717, 1.165) is 5.56 Å². The van der Waals surface area contributed by atoms with Crippen LogP contribution in [-0.2, 0) is 4.79 Å². The Hall–Kier alpha value is -2.38. The van der Waals surface area contributed by atoms with Crippen molar-refractivity contribution in [3.8, 4) is 0 Å². The SMILES string of the molecule is CC(NC(=O)c1ccoc1)C(=O)N1CCNCC1c1cccc(F)c1.Cl. The highest BCUT2D eigenvalue weighted by Crippen LogP contribution is 2.23. The zero-order valence-electron chi connectivity index (χ0n) is 14.3. The number of hydrogen-bond donors (Lipinski definition) is 2. The molecular weight excluding hydrogens is 361 g/mol. The Kier molecular flexibility index (Phi) is 6.76. The van der Waals surface area contributed by atoms with Crippen molar-refractivity contribution in [2.45, 2.75) is 19.0 Å². The highest BCUT2D eigenvalue weighted by molar-refractivity contribution is 5.97. The number of hydrogen-bond acceptors (Lipinski definition) is 4. The van der Waals surface area contributed by atoms with Gasteiger partial charge in [0, 0.05) is 19.6 Å². The summed E-state index contributed by atoms with van der Waals surface area (Å²) in [5.74, 6) is -0.906. The zero-order valence-corrected chi connectivity index (χ0v) is 15.1. The molecule has 0 radical (unpaired) electrons. The molecule has 8 heteroatoms. The van der Waals surface area contributed by atoms with E-state index in [9.17, 15) is 14.0 Å². The Bertz CT molecular complexity index is 754. The van der Waals surface area contributed by atoms with Crippen molar-refractivity contribution in [1.29, 1.82) is 0 Å². The fourth-order valence-corrected chi connectivity index (χ4v) is 2.96. The molecule has 1 aliphatic heterocycles. The van der Waals surface area contributed by atoms with Gasteiger partial charge < -0.3 is 20.0 Å². The van der Waals surface area contributed by atoms with E-state index in [1.807, 2.05) is 0 Å². The van der Waals surface area contributed by atoms with Crippen LogP contribution in [0.25, 0.3) is 0 Å². The summed E-state index contributed by atoms with van der Waals surface area (Å²) in [6.07, 6.45) is 2.73. The lowest BCUT2D eigenvalue weighted by Crippen LogP contribution is -2.54. The van der Waals surface area contributed by atoms with Crippen molar-refractivity contribution >= 4 is 24.2 Å². The minimum absolute atomic E-state index is 0. The van der Waals surface area contributed by atoms with Crippen molar-refractivity contribution in [3.05, 3.63) is 59.8 Å². The van der Waals surface area contributed by atoms with Gasteiger partial charge in [0.1, 0.15) is 18.1 Å². The average Bonchev–Trinajstić information content (AvgIpc) is 3.16. The van der Waals surface area contributed by atoms with Crippen LogP contribution in [0.15, 0.2) is 47.3 Å². The summed E-state index contributed by atoms with van der Waals surface area (Å²) in [5.41, 5.74) is 1.09. The van der Waals surface area contributed by atoms with Gasteiger partial charge in [0.2, 0.25) is 5.91 Å². The minimum atomic E-state index is -0.698. The number of furan rings is 1. The molecule has 2 aromatic rings. The monoisotopic (exact) mass is 381 g/mol. The second kappa shape index (κ2) is 8.82. The lowest BCUT2D eigenvalue weighted by molar-refractivity contribution is -0.136. The molecule has 2 amide bonds. The van der Waals surface area contributed by atoms with Gasteiger partial charge in [-0.1, -0.05) is 12.1 Å². The third kappa shape index (κ3) is 4.42. The minimum Gasteiger partial charge on any atom is -0.472 e. The van der Waals surface area contributed by atoms with E-state index in [1.54, 1.807) is 24.0 Å². The van der Waals surface area contributed by atoms with E-state index in [4.69, 9.17) is 4.42 Å². The topological polar surface area (TPSA) is 74.6 Å². The number of rotatable bonds is 4. The van der Waals surface area contributed by atoms with Gasteiger partial charge in [-0.25, -0.2) is 4.39 Å². The van der Waals surface area contributed by atoms with Crippen LogP contribution in [0, 0.1) is 5.82 Å². The second-order valence-corrected chi connectivity index (χ2v) is 6.01. The fraction of sp³-hybridized carbons (Fsp3) is 0.333. The largest absolute Gasteiger partial charge is 0.472 e. The maximum Gasteiger partial charge on any atom is 0.255 e. The molecule has 140 valence electrons. The number of carbonyl (C=O) groups excluding carboxylic acids is 2. The number of nitrogens with one attached hydrogen (secondary N) is 2. The first-order valence-corrected chi connectivity index (χ1v) is 8.16. The Morgan fingerprint density at radius 2 is 2.19 bits per heavy atom. The highest BCUT2D eigenvalue weighted by Gasteiger charge is 2.31. The van der Waals surface area contributed by atoms with Crippen molar-refractivity contribution < 1.29 is 18.4 Å². The van der Waals surface area contributed by atoms with Gasteiger partial charge in [-0.2, -0.15) is 0 Å². The summed E-state index contributed by atoms with van der Waals surface area (Å²) in [6.45, 7) is 3.33. The van der Waals surface area contributed by atoms with E-state index in [2.05, 4.69) is 10.6 Å². The molecule has 0 bridgehead atoms. The average molecular weight is 382 g/mol. The predicted molar refractivity (Wildman–Crippen MR) is 96.6 cm³/mol. The lowest BCUT2D eigenvalue weighted by atomic mass is 10.0. The van der Waals surface area contributed by atoms with Gasteiger partial charge >= 0.3 is 0 Å². The number of carbonyl (C=O) groups is 2. The molecule has 2 N–H and O–H groups in total. The molecule has 1 aromatic carbocycles. The van der Waals surface area contributed by atoms with Crippen LogP contribution in [0.5, 0.6) is 0 Å². The third-order valence-electron chi connectivity index (χ3n) is 4.26. The summed E-state index contributed by atoms with van der Waals surface area (Å²) in [4.78, 5) is 26.6. The van der Waals surface area contributed by atoms with Gasteiger partial charge in [0.05, 0.1) is 17.9 Å². The van der Waals surface area contributed by atoms with Crippen molar-refractivity contribution in [3.63, 3.8) is 0 Å². The number of nitrogens with zero attached hydrogens (tertiary/aromatic N) is 1. The van der Waals surface area contributed by atoms with Crippen LogP contribution in [0.2, 0.25) is 0 Å². The Labute approximate surface area is 157 Å². The zero-order chi connectivity index (χ0) is 17.8. The molecule has 3 rings (SSSR count). The Morgan fingerprint density at radius 1 is 1.38 bits per heavy atom. The molecule has 0 aliphatic carbocycles. The van der Waals surface area contributed by atoms with Crippen LogP contribution in [0.3, 0.4) is 0 Å². The van der Waals surface area contributed by atoms with Crippen molar-refractivity contribution in [1.82, 2.24) is 15.5 Å². The molecule has 0 spiro atoms. The lowest BCUT2D eigenvalue weighted by Gasteiger charge is -2.38. The van der Waals surface area contributed by atoms with Crippen LogP contribution >= 0.6 is 12.4 Å². The van der Waals surface area contributed by atoms with Gasteiger partial charge in [-0.05, 0) is 30.7 Å². The molecule has 1 saturated heterocycles. The quantitative estimate of drug-likeness (QED) is 0.850. The van der Waals surface area contributed by atoms with Crippen molar-refractivity contribution in [2.24, 2.45) is 0 Å². The molecule has 6 nitrogen and oxygen atoms in total. The molecule has 26 heavy (non-hydrogen) atoms. The number of piperazine rings is 1. The third-order valence-corrected chi connectivity index (χ3v) is 4.26. The number of benzene rings is 1. The van der Waals surface area contributed by atoms with Gasteiger partial charge in [0.15, 0.2) is 0 Å². The smallest absolute Gasteiger partial charge is 0.255 e. The van der Waals surface area contributed by atoms with Crippen LogP contribution in [-0.4, -0.2) is 42.4 Å². The van der Waals surface area contributed by atoms with Gasteiger partial charge in [0.25, 0.3) is 5.91 Å². The summed E-state index contributed by atoms with van der Waals surface area (Å²) >= 11 is 0. The van der Waals surface area contributed by atoms with Crippen molar-refractivity contribution in [2.75, 3.05) is 19.6 Å². The summed E-state index contributed by atoms with van der Waals surface area (Å²) < 4.78 is 18.4. The molecule has 2 atom stereocenters. The fourth-order valence-electron chi connectivity index (χ4n) is 2.96. The molecule has 0 saturated carbocycles. The molecule has 1 aliphatic rings. The van der Waals surface area contributed by atoms with E-state index in [1.165, 1.54) is 30.7 Å². The number of amides is 2. The normalized spacial score (nSPS) is 17.9. The molecular formula is C18H21ClFN3O3. The predicted octanol–water partition coefficient (Wildman–Crippen LogP) is 2.13. The molecule has 2 heterocycles. The highest BCUT2D eigenvalue weighted by atomic mass is 35.5. The summed E-state index contributed by atoms with van der Waals surface area (Å²) in [6, 6.07) is 6.81. The van der Waals surface area contributed by atoms with Gasteiger partial charge in [-0.15, -0.1) is 12.4 Å². The number of halogens is 2. The molecule has 2 unspecified atom stereocenters. The molecule has 1 aromatic heterocycles. The first-order valence-electron chi connectivity index (χ1n) is 8.16. The van der Waals surface area contributed by atoms with Crippen LogP contribution < -0.4 is 10.6 Å². The summed E-state index contributed by atoms with van der Waals surface area (Å²) in [7, 11) is 0. The van der Waals surface area contributed by atoms with Crippen LogP contribution in [0.1, 0.15) is 28.9 Å². The van der Waals surface area contributed by atoms with E-state index in [-0.39, 0.29) is 36.1 Å². The van der Waals surface area contributed by atoms with Crippen LogP contribution in [0.4, 0.5) is 4.39 Å². The molecule has 1 fully saturated rings.